The molecule has 3 saturated heterocycles. The zero-order chi connectivity index (χ0) is 17.9. The summed E-state index contributed by atoms with van der Waals surface area (Å²) in [6, 6.07) is 15.5. The number of aryl methyl sites for hydroxylation is 1. The highest BCUT2D eigenvalue weighted by atomic mass is 16.5. The summed E-state index contributed by atoms with van der Waals surface area (Å²) in [6.45, 7) is 7.68. The van der Waals surface area contributed by atoms with E-state index in [2.05, 4.69) is 59.2 Å². The van der Waals surface area contributed by atoms with Crippen molar-refractivity contribution in [2.24, 2.45) is 5.92 Å². The van der Waals surface area contributed by atoms with Gasteiger partial charge in [0.05, 0.1) is 12.8 Å². The topological polar surface area (TPSA) is 28.6 Å². The molecule has 0 amide bonds. The Morgan fingerprint density at radius 1 is 1.00 bits per heavy atom. The van der Waals surface area contributed by atoms with Gasteiger partial charge in [-0.15, -0.1) is 0 Å². The molecule has 1 aromatic carbocycles. The quantitative estimate of drug-likeness (QED) is 0.824. The van der Waals surface area contributed by atoms with E-state index in [1.807, 2.05) is 0 Å². The Morgan fingerprint density at radius 3 is 2.62 bits per heavy atom. The van der Waals surface area contributed by atoms with E-state index in [1.165, 1.54) is 37.2 Å². The van der Waals surface area contributed by atoms with Crippen LogP contribution < -0.4 is 4.74 Å². The lowest BCUT2D eigenvalue weighted by molar-refractivity contribution is 0.121. The second-order valence-electron chi connectivity index (χ2n) is 7.84. The Labute approximate surface area is 156 Å². The highest BCUT2D eigenvalue weighted by Crippen LogP contribution is 2.30. The molecule has 0 unspecified atom stereocenters. The predicted molar refractivity (Wildman–Crippen MR) is 104 cm³/mol. The number of fused-ring (bicyclic) bond motifs is 4. The molecule has 2 atom stereocenters. The van der Waals surface area contributed by atoms with E-state index < -0.39 is 0 Å². The standard InChI is InChI=1S/C22H29N3O/c1-17-4-3-5-20(23-17)15-25-14-19-6-9-21(25)16-24(13-19)12-18-7-10-22(26-2)11-8-18/h3-5,7-8,10-11,19,21H,6,9,12-16H2,1-2H3/t19-,21+/m0/s1. The Morgan fingerprint density at radius 2 is 1.85 bits per heavy atom. The first-order valence-electron chi connectivity index (χ1n) is 9.71. The summed E-state index contributed by atoms with van der Waals surface area (Å²) < 4.78 is 5.28. The largest absolute Gasteiger partial charge is 0.497 e. The summed E-state index contributed by atoms with van der Waals surface area (Å²) in [7, 11) is 1.72. The molecule has 3 aliphatic heterocycles. The van der Waals surface area contributed by atoms with Crippen molar-refractivity contribution in [1.82, 2.24) is 14.8 Å². The molecule has 3 fully saturated rings. The van der Waals surface area contributed by atoms with Crippen molar-refractivity contribution in [3.63, 3.8) is 0 Å². The van der Waals surface area contributed by atoms with Gasteiger partial charge in [0, 0.05) is 44.5 Å². The monoisotopic (exact) mass is 351 g/mol. The van der Waals surface area contributed by atoms with Crippen molar-refractivity contribution in [3.05, 3.63) is 59.4 Å². The molecule has 0 spiro atoms. The predicted octanol–water partition coefficient (Wildman–Crippen LogP) is 3.50. The number of aromatic nitrogens is 1. The molecule has 2 aromatic rings. The minimum atomic E-state index is 0.648. The summed E-state index contributed by atoms with van der Waals surface area (Å²) in [6.07, 6.45) is 2.68. The van der Waals surface area contributed by atoms with Gasteiger partial charge in [-0.2, -0.15) is 0 Å². The van der Waals surface area contributed by atoms with Crippen molar-refractivity contribution < 1.29 is 4.74 Å². The summed E-state index contributed by atoms with van der Waals surface area (Å²) in [4.78, 5) is 10.0. The summed E-state index contributed by atoms with van der Waals surface area (Å²) in [5, 5.41) is 0. The van der Waals surface area contributed by atoms with Gasteiger partial charge in [0.25, 0.3) is 0 Å². The minimum absolute atomic E-state index is 0.648. The molecule has 1 aromatic heterocycles. The number of pyridine rings is 1. The van der Waals surface area contributed by atoms with E-state index in [4.69, 9.17) is 9.72 Å². The molecule has 4 heterocycles. The van der Waals surface area contributed by atoms with Crippen molar-refractivity contribution in [1.29, 1.82) is 0 Å². The van der Waals surface area contributed by atoms with Crippen LogP contribution in [0.5, 0.6) is 5.75 Å². The average Bonchev–Trinajstić information content (AvgIpc) is 2.93. The van der Waals surface area contributed by atoms with Gasteiger partial charge >= 0.3 is 0 Å². The van der Waals surface area contributed by atoms with Crippen LogP contribution in [0.1, 0.15) is 29.8 Å². The number of hydrogen-bond acceptors (Lipinski definition) is 4. The lowest BCUT2D eigenvalue weighted by atomic mass is 9.95. The first kappa shape index (κ1) is 17.5. The molecule has 0 N–H and O–H groups in total. The summed E-state index contributed by atoms with van der Waals surface area (Å²) >= 11 is 0. The Kier molecular flexibility index (Phi) is 5.23. The van der Waals surface area contributed by atoms with E-state index in [-0.39, 0.29) is 0 Å². The van der Waals surface area contributed by atoms with Crippen LogP contribution in [0.15, 0.2) is 42.5 Å². The number of nitrogens with zero attached hydrogens (tertiary/aromatic N) is 3. The fourth-order valence-corrected chi connectivity index (χ4v) is 4.48. The molecule has 5 rings (SSSR count). The molecule has 4 nitrogen and oxygen atoms in total. The van der Waals surface area contributed by atoms with Crippen LogP contribution in [-0.4, -0.2) is 47.6 Å². The third-order valence-corrected chi connectivity index (χ3v) is 5.78. The average molecular weight is 351 g/mol. The molecule has 26 heavy (non-hydrogen) atoms. The second-order valence-corrected chi connectivity index (χ2v) is 7.84. The fourth-order valence-electron chi connectivity index (χ4n) is 4.48. The van der Waals surface area contributed by atoms with E-state index >= 15 is 0 Å². The lowest BCUT2D eigenvalue weighted by Gasteiger charge is -2.36. The maximum Gasteiger partial charge on any atom is 0.118 e. The Bertz CT molecular complexity index is 730. The van der Waals surface area contributed by atoms with Crippen LogP contribution in [0, 0.1) is 12.8 Å². The molecule has 0 aliphatic carbocycles. The van der Waals surface area contributed by atoms with E-state index in [1.54, 1.807) is 7.11 Å². The molecule has 4 heteroatoms. The van der Waals surface area contributed by atoms with Crippen LogP contribution in [-0.2, 0) is 13.1 Å². The normalized spacial score (nSPS) is 23.8. The molecule has 2 bridgehead atoms. The van der Waals surface area contributed by atoms with E-state index in [9.17, 15) is 0 Å². The number of methoxy groups -OCH3 is 1. The SMILES string of the molecule is COc1ccc(CN2C[C@@H]3CC[C@H](C2)N(Cc2cccc(C)n2)C3)cc1. The number of piperidine rings is 1. The highest BCUT2D eigenvalue weighted by Gasteiger charge is 2.34. The first-order chi connectivity index (χ1) is 12.7. The van der Waals surface area contributed by atoms with Crippen molar-refractivity contribution >= 4 is 0 Å². The number of ether oxygens (including phenoxy) is 1. The van der Waals surface area contributed by atoms with Gasteiger partial charge in [-0.1, -0.05) is 18.2 Å². The van der Waals surface area contributed by atoms with Gasteiger partial charge in [0.1, 0.15) is 5.75 Å². The van der Waals surface area contributed by atoms with Crippen LogP contribution in [0.2, 0.25) is 0 Å². The van der Waals surface area contributed by atoms with E-state index in [0.29, 0.717) is 6.04 Å². The van der Waals surface area contributed by atoms with Gasteiger partial charge in [-0.3, -0.25) is 14.8 Å². The third-order valence-electron chi connectivity index (χ3n) is 5.78. The molecule has 138 valence electrons. The summed E-state index contributed by atoms with van der Waals surface area (Å²) in [5.74, 6) is 1.71. The molecular weight excluding hydrogens is 322 g/mol. The number of benzene rings is 1. The smallest absolute Gasteiger partial charge is 0.118 e. The van der Waals surface area contributed by atoms with E-state index in [0.717, 1.165) is 37.0 Å². The minimum Gasteiger partial charge on any atom is -0.497 e. The summed E-state index contributed by atoms with van der Waals surface area (Å²) in [5.41, 5.74) is 3.70. The zero-order valence-electron chi connectivity index (χ0n) is 15.9. The maximum atomic E-state index is 5.28. The van der Waals surface area contributed by atoms with Crippen LogP contribution in [0.25, 0.3) is 0 Å². The highest BCUT2D eigenvalue weighted by molar-refractivity contribution is 5.27. The third kappa shape index (κ3) is 4.08. The fraction of sp³-hybridized carbons (Fsp3) is 0.500. The van der Waals surface area contributed by atoms with Crippen molar-refractivity contribution in [3.8, 4) is 5.75 Å². The molecule has 3 aliphatic rings. The van der Waals surface area contributed by atoms with Crippen molar-refractivity contribution in [2.75, 3.05) is 26.7 Å². The maximum absolute atomic E-state index is 5.28. The van der Waals surface area contributed by atoms with Crippen LogP contribution in [0.4, 0.5) is 0 Å². The molecule has 0 saturated carbocycles. The van der Waals surface area contributed by atoms with Crippen LogP contribution >= 0.6 is 0 Å². The van der Waals surface area contributed by atoms with Gasteiger partial charge in [-0.25, -0.2) is 0 Å². The van der Waals surface area contributed by atoms with Crippen molar-refractivity contribution in [2.45, 2.75) is 38.9 Å². The second kappa shape index (κ2) is 7.77. The van der Waals surface area contributed by atoms with Crippen LogP contribution in [0.3, 0.4) is 0 Å². The van der Waals surface area contributed by atoms with Gasteiger partial charge < -0.3 is 4.74 Å². The molecule has 0 radical (unpaired) electrons. The molecular formula is C22H29N3O. The zero-order valence-corrected chi connectivity index (χ0v) is 15.9. The Balaban J connectivity index is 1.42. The first-order valence-corrected chi connectivity index (χ1v) is 9.71. The Hall–Kier alpha value is -1.91. The lowest BCUT2D eigenvalue weighted by Crippen LogP contribution is -2.43. The van der Waals surface area contributed by atoms with Gasteiger partial charge in [0.15, 0.2) is 0 Å². The van der Waals surface area contributed by atoms with Gasteiger partial charge in [0.2, 0.25) is 0 Å². The number of rotatable bonds is 5. The number of hydrogen-bond donors (Lipinski definition) is 0. The van der Waals surface area contributed by atoms with Gasteiger partial charge in [-0.05, 0) is 55.5 Å².